The van der Waals surface area contributed by atoms with E-state index in [1.165, 1.54) is 11.8 Å². The summed E-state index contributed by atoms with van der Waals surface area (Å²) in [6.45, 7) is 6.23. The Kier molecular flexibility index (Phi) is 5.86. The molecule has 0 saturated carbocycles. The molecule has 5 nitrogen and oxygen atoms in total. The van der Waals surface area contributed by atoms with E-state index in [2.05, 4.69) is 17.1 Å². The summed E-state index contributed by atoms with van der Waals surface area (Å²) < 4.78 is 1.58. The molecule has 0 radical (unpaired) electrons. The maximum absolute atomic E-state index is 12.6. The van der Waals surface area contributed by atoms with Crippen LogP contribution in [0.5, 0.6) is 0 Å². The molecule has 1 heterocycles. The summed E-state index contributed by atoms with van der Waals surface area (Å²) in [6, 6.07) is 15.4. The predicted octanol–water partition coefficient (Wildman–Crippen LogP) is 3.79. The van der Waals surface area contributed by atoms with Gasteiger partial charge in [0.25, 0.3) is 5.56 Å². The number of hydrogen-bond donors (Lipinski definition) is 1. The molecular formula is C22H21N3O2S. The van der Waals surface area contributed by atoms with Crippen LogP contribution in [-0.2, 0) is 13.0 Å². The van der Waals surface area contributed by atoms with Crippen molar-refractivity contribution in [3.63, 3.8) is 0 Å². The summed E-state index contributed by atoms with van der Waals surface area (Å²) in [5.74, 6) is 0. The van der Waals surface area contributed by atoms with E-state index in [0.717, 1.165) is 21.6 Å². The first kappa shape index (κ1) is 19.7. The number of benzene rings is 2. The molecule has 0 fully saturated rings. The van der Waals surface area contributed by atoms with Crippen molar-refractivity contribution < 1.29 is 0 Å². The van der Waals surface area contributed by atoms with Crippen LogP contribution in [-0.4, -0.2) is 9.55 Å². The highest BCUT2D eigenvalue weighted by molar-refractivity contribution is 7.99. The lowest BCUT2D eigenvalue weighted by Gasteiger charge is -2.16. The zero-order chi connectivity index (χ0) is 20.3. The fraction of sp³-hybridized carbons (Fsp3) is 0.227. The van der Waals surface area contributed by atoms with Gasteiger partial charge in [-0.2, -0.15) is 5.26 Å². The molecule has 6 heteroatoms. The molecule has 0 aliphatic heterocycles. The quantitative estimate of drug-likeness (QED) is 0.671. The molecule has 0 atom stereocenters. The molecule has 1 aromatic heterocycles. The Labute approximate surface area is 167 Å². The lowest BCUT2D eigenvalue weighted by atomic mass is 10.1. The molecule has 0 aliphatic rings. The third-order valence-corrected chi connectivity index (χ3v) is 5.53. The molecular weight excluding hydrogens is 370 g/mol. The lowest BCUT2D eigenvalue weighted by molar-refractivity contribution is 0.634. The van der Waals surface area contributed by atoms with Gasteiger partial charge < -0.3 is 0 Å². The van der Waals surface area contributed by atoms with Crippen molar-refractivity contribution in [3.8, 4) is 6.07 Å². The molecule has 0 saturated heterocycles. The molecule has 28 heavy (non-hydrogen) atoms. The highest BCUT2D eigenvalue weighted by Gasteiger charge is 2.16. The van der Waals surface area contributed by atoms with Gasteiger partial charge in [-0.3, -0.25) is 14.3 Å². The van der Waals surface area contributed by atoms with E-state index < -0.39 is 5.69 Å². The molecule has 142 valence electrons. The van der Waals surface area contributed by atoms with E-state index in [4.69, 9.17) is 5.26 Å². The molecule has 3 aromatic rings. The number of aromatic amines is 1. The number of nitriles is 1. The summed E-state index contributed by atoms with van der Waals surface area (Å²) in [5, 5.41) is 9.77. The monoisotopic (exact) mass is 391 g/mol. The third-order valence-electron chi connectivity index (χ3n) is 4.40. The van der Waals surface area contributed by atoms with E-state index in [9.17, 15) is 9.59 Å². The van der Waals surface area contributed by atoms with Gasteiger partial charge in [0.05, 0.1) is 23.2 Å². The van der Waals surface area contributed by atoms with Gasteiger partial charge in [-0.25, -0.2) is 4.79 Å². The zero-order valence-electron chi connectivity index (χ0n) is 16.1. The number of hydrogen-bond acceptors (Lipinski definition) is 4. The number of nitrogens with zero attached hydrogens (tertiary/aromatic N) is 2. The van der Waals surface area contributed by atoms with E-state index in [1.54, 1.807) is 22.8 Å². The van der Waals surface area contributed by atoms with Crippen LogP contribution in [0.3, 0.4) is 0 Å². The van der Waals surface area contributed by atoms with E-state index in [0.29, 0.717) is 22.6 Å². The van der Waals surface area contributed by atoms with Gasteiger partial charge in [-0.05, 0) is 61.2 Å². The standard InChI is InChI=1S/C22H21N3O2S/c1-4-19-20(26)24-22(27)25(13-17-7-5-6-16(11-17)12-23)21(19)28-18-9-14(2)8-15(3)10-18/h5-11H,4,13H2,1-3H3,(H,24,26,27). The van der Waals surface area contributed by atoms with Gasteiger partial charge >= 0.3 is 5.69 Å². The maximum atomic E-state index is 12.6. The number of aryl methyl sites for hydroxylation is 2. The minimum Gasteiger partial charge on any atom is -0.283 e. The van der Waals surface area contributed by atoms with Crippen LogP contribution in [0, 0.1) is 25.2 Å². The Balaban J connectivity index is 2.14. The molecule has 0 bridgehead atoms. The van der Waals surface area contributed by atoms with Crippen molar-refractivity contribution in [2.45, 2.75) is 43.7 Å². The average Bonchev–Trinajstić information content (AvgIpc) is 2.64. The number of aromatic nitrogens is 2. The average molecular weight is 391 g/mol. The molecule has 2 aromatic carbocycles. The summed E-state index contributed by atoms with van der Waals surface area (Å²) in [6.07, 6.45) is 0.515. The molecule has 0 amide bonds. The van der Waals surface area contributed by atoms with Gasteiger partial charge in [0.15, 0.2) is 0 Å². The molecule has 1 N–H and O–H groups in total. The predicted molar refractivity (Wildman–Crippen MR) is 111 cm³/mol. The Bertz CT molecular complexity index is 1170. The fourth-order valence-corrected chi connectivity index (χ4v) is 4.52. The highest BCUT2D eigenvalue weighted by Crippen LogP contribution is 2.30. The van der Waals surface area contributed by atoms with Gasteiger partial charge in [-0.15, -0.1) is 0 Å². The van der Waals surface area contributed by atoms with Crippen molar-refractivity contribution >= 4 is 11.8 Å². The molecule has 0 unspecified atom stereocenters. The first-order valence-corrected chi connectivity index (χ1v) is 9.84. The van der Waals surface area contributed by atoms with Crippen molar-refractivity contribution in [2.75, 3.05) is 0 Å². The van der Waals surface area contributed by atoms with Gasteiger partial charge in [0.2, 0.25) is 0 Å². The summed E-state index contributed by atoms with van der Waals surface area (Å²) >= 11 is 1.43. The second-order valence-electron chi connectivity index (χ2n) is 6.72. The Morgan fingerprint density at radius 3 is 2.46 bits per heavy atom. The van der Waals surface area contributed by atoms with Gasteiger partial charge in [-0.1, -0.05) is 36.9 Å². The molecule has 0 aliphatic carbocycles. The number of rotatable bonds is 5. The van der Waals surface area contributed by atoms with E-state index in [-0.39, 0.29) is 12.1 Å². The topological polar surface area (TPSA) is 78.7 Å². The summed E-state index contributed by atoms with van der Waals surface area (Å²) in [7, 11) is 0. The van der Waals surface area contributed by atoms with Crippen molar-refractivity contribution in [2.24, 2.45) is 0 Å². The fourth-order valence-electron chi connectivity index (χ4n) is 3.19. The third kappa shape index (κ3) is 4.26. The minimum absolute atomic E-state index is 0.283. The maximum Gasteiger partial charge on any atom is 0.329 e. The van der Waals surface area contributed by atoms with Crippen LogP contribution >= 0.6 is 11.8 Å². The zero-order valence-corrected chi connectivity index (χ0v) is 16.9. The van der Waals surface area contributed by atoms with Gasteiger partial charge in [0, 0.05) is 10.5 Å². The summed E-state index contributed by atoms with van der Waals surface area (Å²) in [4.78, 5) is 28.4. The minimum atomic E-state index is -0.448. The van der Waals surface area contributed by atoms with Crippen LogP contribution in [0.2, 0.25) is 0 Å². The van der Waals surface area contributed by atoms with Crippen LogP contribution in [0.1, 0.15) is 34.7 Å². The van der Waals surface area contributed by atoms with Crippen molar-refractivity contribution in [1.82, 2.24) is 9.55 Å². The largest absolute Gasteiger partial charge is 0.329 e. The Morgan fingerprint density at radius 1 is 1.11 bits per heavy atom. The van der Waals surface area contributed by atoms with E-state index >= 15 is 0 Å². The van der Waals surface area contributed by atoms with Gasteiger partial charge in [0.1, 0.15) is 0 Å². The normalized spacial score (nSPS) is 10.6. The SMILES string of the molecule is CCc1c(Sc2cc(C)cc(C)c2)n(Cc2cccc(C#N)c2)c(=O)[nH]c1=O. The number of H-pyrrole nitrogens is 1. The van der Waals surface area contributed by atoms with Crippen molar-refractivity contribution in [1.29, 1.82) is 5.26 Å². The van der Waals surface area contributed by atoms with Crippen LogP contribution in [0.4, 0.5) is 0 Å². The number of nitrogens with one attached hydrogen (secondary N) is 1. The second-order valence-corrected chi connectivity index (χ2v) is 7.78. The highest BCUT2D eigenvalue weighted by atomic mass is 32.2. The lowest BCUT2D eigenvalue weighted by Crippen LogP contribution is -2.34. The van der Waals surface area contributed by atoms with E-state index in [1.807, 2.05) is 39.0 Å². The van der Waals surface area contributed by atoms with Crippen LogP contribution in [0.15, 0.2) is 62.0 Å². The Hall–Kier alpha value is -3.04. The molecule has 0 spiro atoms. The van der Waals surface area contributed by atoms with Crippen LogP contribution in [0.25, 0.3) is 0 Å². The molecule has 3 rings (SSSR count). The van der Waals surface area contributed by atoms with Crippen LogP contribution < -0.4 is 11.2 Å². The second kappa shape index (κ2) is 8.32. The summed E-state index contributed by atoms with van der Waals surface area (Å²) in [5.41, 5.74) is 3.41. The first-order chi connectivity index (χ1) is 13.4. The smallest absolute Gasteiger partial charge is 0.283 e. The van der Waals surface area contributed by atoms with Crippen molar-refractivity contribution in [3.05, 3.63) is 91.1 Å². The Morgan fingerprint density at radius 2 is 1.82 bits per heavy atom. The first-order valence-electron chi connectivity index (χ1n) is 9.02.